The van der Waals surface area contributed by atoms with E-state index in [-0.39, 0.29) is 0 Å². The summed E-state index contributed by atoms with van der Waals surface area (Å²) >= 11 is 5.34. The lowest BCUT2D eigenvalue weighted by Crippen LogP contribution is -2.19. The van der Waals surface area contributed by atoms with E-state index in [0.29, 0.717) is 0 Å². The van der Waals surface area contributed by atoms with Gasteiger partial charge < -0.3 is 10.2 Å². The topological polar surface area (TPSA) is 15.3 Å². The summed E-state index contributed by atoms with van der Waals surface area (Å²) in [5, 5.41) is 5.60. The average Bonchev–Trinajstić information content (AvgIpc) is 2.90. The molecule has 17 heavy (non-hydrogen) atoms. The molecule has 1 aromatic rings. The number of halogens is 1. The molecule has 1 N–H and O–H groups in total. The van der Waals surface area contributed by atoms with E-state index >= 15 is 0 Å². The van der Waals surface area contributed by atoms with Gasteiger partial charge >= 0.3 is 0 Å². The first-order valence-corrected chi connectivity index (χ1v) is 8.03. The molecule has 0 saturated carbocycles. The molecule has 1 aliphatic rings. The van der Waals surface area contributed by atoms with Crippen molar-refractivity contribution in [2.45, 2.75) is 25.8 Å². The number of hydrogen-bond donors (Lipinski definition) is 1. The molecule has 2 rings (SSSR count). The zero-order valence-electron chi connectivity index (χ0n) is 10.4. The van der Waals surface area contributed by atoms with Crippen LogP contribution in [-0.4, -0.2) is 31.6 Å². The zero-order valence-corrected chi connectivity index (χ0v) is 12.8. The van der Waals surface area contributed by atoms with Crippen LogP contribution in [0.5, 0.6) is 0 Å². The molecule has 1 aliphatic heterocycles. The maximum atomic E-state index is 3.50. The van der Waals surface area contributed by atoms with Gasteiger partial charge in [-0.05, 0) is 73.9 Å². The summed E-state index contributed by atoms with van der Waals surface area (Å²) in [5.74, 6) is 0.930. The maximum Gasteiger partial charge on any atom is 0.0325 e. The minimum absolute atomic E-state index is 0.930. The van der Waals surface area contributed by atoms with Gasteiger partial charge in [0.05, 0.1) is 0 Å². The fraction of sp³-hybridized carbons (Fsp3) is 0.692. The molecule has 2 nitrogen and oxygen atoms in total. The third-order valence-electron chi connectivity index (χ3n) is 3.36. The Bertz CT molecular complexity index is 334. The Morgan fingerprint density at radius 3 is 3.12 bits per heavy atom. The van der Waals surface area contributed by atoms with Gasteiger partial charge in [-0.1, -0.05) is 0 Å². The SMILES string of the molecule is CN(CCCC1CCNC1)Cc1cc(Br)cs1. The van der Waals surface area contributed by atoms with Gasteiger partial charge in [-0.2, -0.15) is 0 Å². The third-order valence-corrected chi connectivity index (χ3v) is 5.04. The molecule has 4 heteroatoms. The van der Waals surface area contributed by atoms with Crippen LogP contribution in [0, 0.1) is 5.92 Å². The van der Waals surface area contributed by atoms with Crippen molar-refractivity contribution < 1.29 is 0 Å². The second-order valence-corrected chi connectivity index (χ2v) is 6.88. The molecule has 0 bridgehead atoms. The summed E-state index contributed by atoms with van der Waals surface area (Å²) in [4.78, 5) is 3.88. The van der Waals surface area contributed by atoms with Crippen LogP contribution >= 0.6 is 27.3 Å². The molecule has 0 aromatic carbocycles. The van der Waals surface area contributed by atoms with E-state index in [2.05, 4.69) is 44.6 Å². The average molecular weight is 317 g/mol. The van der Waals surface area contributed by atoms with Crippen molar-refractivity contribution in [3.8, 4) is 0 Å². The number of rotatable bonds is 6. The highest BCUT2D eigenvalue weighted by molar-refractivity contribution is 9.10. The minimum Gasteiger partial charge on any atom is -0.316 e. The van der Waals surface area contributed by atoms with Gasteiger partial charge in [0.25, 0.3) is 0 Å². The van der Waals surface area contributed by atoms with E-state index in [4.69, 9.17) is 0 Å². The summed E-state index contributed by atoms with van der Waals surface area (Å²) in [7, 11) is 2.22. The highest BCUT2D eigenvalue weighted by Crippen LogP contribution is 2.21. The van der Waals surface area contributed by atoms with Gasteiger partial charge in [0.2, 0.25) is 0 Å². The monoisotopic (exact) mass is 316 g/mol. The molecule has 0 amide bonds. The fourth-order valence-electron chi connectivity index (χ4n) is 2.39. The molecule has 0 spiro atoms. The number of thiophene rings is 1. The summed E-state index contributed by atoms with van der Waals surface area (Å²) < 4.78 is 1.21. The van der Waals surface area contributed by atoms with Crippen LogP contribution in [0.15, 0.2) is 15.9 Å². The van der Waals surface area contributed by atoms with Crippen molar-refractivity contribution in [1.82, 2.24) is 10.2 Å². The Hall–Kier alpha value is 0.1000. The van der Waals surface area contributed by atoms with Crippen LogP contribution in [0.2, 0.25) is 0 Å². The Morgan fingerprint density at radius 1 is 1.59 bits per heavy atom. The fourth-order valence-corrected chi connectivity index (χ4v) is 3.92. The van der Waals surface area contributed by atoms with Crippen LogP contribution in [-0.2, 0) is 6.54 Å². The lowest BCUT2D eigenvalue weighted by molar-refractivity contribution is 0.310. The van der Waals surface area contributed by atoms with Gasteiger partial charge in [-0.3, -0.25) is 0 Å². The van der Waals surface area contributed by atoms with Gasteiger partial charge in [0, 0.05) is 21.3 Å². The number of hydrogen-bond acceptors (Lipinski definition) is 3. The molecule has 1 aromatic heterocycles. The highest BCUT2D eigenvalue weighted by atomic mass is 79.9. The second kappa shape index (κ2) is 6.88. The van der Waals surface area contributed by atoms with Crippen molar-refractivity contribution in [2.75, 3.05) is 26.7 Å². The molecular formula is C13H21BrN2S. The Morgan fingerprint density at radius 2 is 2.47 bits per heavy atom. The smallest absolute Gasteiger partial charge is 0.0325 e. The first-order valence-electron chi connectivity index (χ1n) is 6.36. The third kappa shape index (κ3) is 4.70. The van der Waals surface area contributed by atoms with Gasteiger partial charge in [-0.25, -0.2) is 0 Å². The van der Waals surface area contributed by atoms with E-state index < -0.39 is 0 Å². The predicted molar refractivity (Wildman–Crippen MR) is 78.6 cm³/mol. The molecular weight excluding hydrogens is 296 g/mol. The molecule has 0 aliphatic carbocycles. The van der Waals surface area contributed by atoms with E-state index in [9.17, 15) is 0 Å². The molecule has 1 unspecified atom stereocenters. The van der Waals surface area contributed by atoms with Crippen molar-refractivity contribution in [2.24, 2.45) is 5.92 Å². The first kappa shape index (κ1) is 13.5. The first-order chi connectivity index (χ1) is 8.24. The van der Waals surface area contributed by atoms with Crippen LogP contribution in [0.25, 0.3) is 0 Å². The van der Waals surface area contributed by atoms with Crippen LogP contribution in [0.3, 0.4) is 0 Å². The number of nitrogens with zero attached hydrogens (tertiary/aromatic N) is 1. The van der Waals surface area contributed by atoms with Gasteiger partial charge in [0.15, 0.2) is 0 Å². The lowest BCUT2D eigenvalue weighted by Gasteiger charge is -2.16. The van der Waals surface area contributed by atoms with Crippen molar-refractivity contribution in [1.29, 1.82) is 0 Å². The summed E-state index contributed by atoms with van der Waals surface area (Å²) in [6, 6.07) is 2.22. The van der Waals surface area contributed by atoms with Crippen molar-refractivity contribution in [3.63, 3.8) is 0 Å². The summed E-state index contributed by atoms with van der Waals surface area (Å²) in [6.07, 6.45) is 4.09. The van der Waals surface area contributed by atoms with Crippen molar-refractivity contribution in [3.05, 3.63) is 20.8 Å². The number of nitrogens with one attached hydrogen (secondary N) is 1. The summed E-state index contributed by atoms with van der Waals surface area (Å²) in [5.41, 5.74) is 0. The van der Waals surface area contributed by atoms with E-state index in [1.54, 1.807) is 0 Å². The quantitative estimate of drug-likeness (QED) is 0.866. The van der Waals surface area contributed by atoms with Crippen LogP contribution < -0.4 is 5.32 Å². The molecule has 2 heterocycles. The molecule has 0 radical (unpaired) electrons. The molecule has 1 fully saturated rings. The predicted octanol–water partition coefficient (Wildman–Crippen LogP) is 3.33. The zero-order chi connectivity index (χ0) is 12.1. The van der Waals surface area contributed by atoms with E-state index in [1.807, 2.05) is 11.3 Å². The minimum atomic E-state index is 0.930. The Kier molecular flexibility index (Phi) is 5.48. The Balaban J connectivity index is 1.61. The molecule has 96 valence electrons. The largest absolute Gasteiger partial charge is 0.316 e. The Labute approximate surface area is 117 Å². The second-order valence-electron chi connectivity index (χ2n) is 4.97. The van der Waals surface area contributed by atoms with E-state index in [0.717, 1.165) is 12.5 Å². The summed E-state index contributed by atoms with van der Waals surface area (Å²) in [6.45, 7) is 4.76. The van der Waals surface area contributed by atoms with Gasteiger partial charge in [0.1, 0.15) is 0 Å². The highest BCUT2D eigenvalue weighted by Gasteiger charge is 2.13. The van der Waals surface area contributed by atoms with E-state index in [1.165, 1.54) is 48.2 Å². The van der Waals surface area contributed by atoms with Crippen LogP contribution in [0.4, 0.5) is 0 Å². The lowest BCUT2D eigenvalue weighted by atomic mass is 10.0. The normalized spacial score (nSPS) is 20.3. The molecule has 1 atom stereocenters. The standard InChI is InChI=1S/C13H21BrN2S/c1-16(9-13-7-12(14)10-17-13)6-2-3-11-4-5-15-8-11/h7,10-11,15H,2-6,8-9H2,1H3. The maximum absolute atomic E-state index is 3.50. The molecule has 1 saturated heterocycles. The van der Waals surface area contributed by atoms with Crippen molar-refractivity contribution >= 4 is 27.3 Å². The van der Waals surface area contributed by atoms with Gasteiger partial charge in [-0.15, -0.1) is 11.3 Å². The van der Waals surface area contributed by atoms with Crippen LogP contribution in [0.1, 0.15) is 24.1 Å².